The van der Waals surface area contributed by atoms with Crippen LogP contribution in [-0.4, -0.2) is 59.1 Å². The second-order valence-corrected chi connectivity index (χ2v) is 5.05. The van der Waals surface area contributed by atoms with Crippen molar-refractivity contribution < 1.29 is 29.5 Å². The fourth-order valence-electron chi connectivity index (χ4n) is 2.62. The second-order valence-electron chi connectivity index (χ2n) is 5.05. The van der Waals surface area contributed by atoms with Crippen molar-refractivity contribution in [2.45, 2.75) is 36.8 Å². The van der Waals surface area contributed by atoms with E-state index in [2.05, 4.69) is 0 Å². The summed E-state index contributed by atoms with van der Waals surface area (Å²) in [5.74, 6) is 0. The van der Waals surface area contributed by atoms with Crippen LogP contribution in [0.25, 0.3) is 0 Å². The summed E-state index contributed by atoms with van der Waals surface area (Å²) in [4.78, 5) is 0. The van der Waals surface area contributed by atoms with Crippen molar-refractivity contribution in [1.82, 2.24) is 0 Å². The summed E-state index contributed by atoms with van der Waals surface area (Å²) < 4.78 is 16.8. The predicted octanol–water partition coefficient (Wildman–Crippen LogP) is -0.418. The minimum absolute atomic E-state index is 0.241. The van der Waals surface area contributed by atoms with Gasteiger partial charge in [-0.05, 0) is 0 Å². The van der Waals surface area contributed by atoms with Crippen molar-refractivity contribution in [1.29, 1.82) is 0 Å². The van der Waals surface area contributed by atoms with Crippen LogP contribution in [0.1, 0.15) is 11.9 Å². The fraction of sp³-hybridized carbons (Fsp3) is 0.571. The average Bonchev–Trinajstić information content (AvgIpc) is 2.51. The Kier molecular flexibility index (Phi) is 4.02. The first-order valence-electron chi connectivity index (χ1n) is 6.65. The number of rotatable bonds is 2. The molecule has 6 atom stereocenters. The van der Waals surface area contributed by atoms with Crippen LogP contribution in [-0.2, 0) is 14.2 Å². The van der Waals surface area contributed by atoms with Gasteiger partial charge in [0.1, 0.15) is 30.5 Å². The van der Waals surface area contributed by atoms with Gasteiger partial charge in [0.05, 0.1) is 13.2 Å². The number of benzene rings is 1. The first-order valence-corrected chi connectivity index (χ1v) is 6.65. The SMILES string of the molecule is OC[C@H]1O[C@H]2COC(c3ccccc3)O[C@H]2[C@H](O)[C@H]1O. The topological polar surface area (TPSA) is 88.4 Å². The lowest BCUT2D eigenvalue weighted by molar-refractivity contribution is -0.330. The van der Waals surface area contributed by atoms with Crippen LogP contribution in [0.2, 0.25) is 0 Å². The maximum atomic E-state index is 10.1. The van der Waals surface area contributed by atoms with Crippen LogP contribution in [0.3, 0.4) is 0 Å². The van der Waals surface area contributed by atoms with Crippen LogP contribution in [0.5, 0.6) is 0 Å². The van der Waals surface area contributed by atoms with Gasteiger partial charge in [-0.15, -0.1) is 0 Å². The lowest BCUT2D eigenvalue weighted by Gasteiger charge is -2.46. The molecule has 0 radical (unpaired) electrons. The summed E-state index contributed by atoms with van der Waals surface area (Å²) in [7, 11) is 0. The molecule has 0 spiro atoms. The van der Waals surface area contributed by atoms with Gasteiger partial charge in [0, 0.05) is 5.56 Å². The third-order valence-electron chi connectivity index (χ3n) is 3.73. The number of ether oxygens (including phenoxy) is 3. The molecule has 2 aliphatic heterocycles. The molecule has 1 unspecified atom stereocenters. The molecule has 2 heterocycles. The molecule has 0 aliphatic carbocycles. The number of hydrogen-bond donors (Lipinski definition) is 3. The van der Waals surface area contributed by atoms with E-state index in [-0.39, 0.29) is 13.2 Å². The summed E-state index contributed by atoms with van der Waals surface area (Å²) in [6.07, 6.45) is -4.85. The Morgan fingerprint density at radius 1 is 1.05 bits per heavy atom. The molecular weight excluding hydrogens is 264 g/mol. The lowest BCUT2D eigenvalue weighted by atomic mass is 9.94. The van der Waals surface area contributed by atoms with Crippen LogP contribution in [0, 0.1) is 0 Å². The van der Waals surface area contributed by atoms with Gasteiger partial charge in [-0.25, -0.2) is 0 Å². The molecule has 110 valence electrons. The van der Waals surface area contributed by atoms with E-state index in [1.165, 1.54) is 0 Å². The van der Waals surface area contributed by atoms with E-state index in [1.807, 2.05) is 30.3 Å². The molecule has 0 bridgehead atoms. The lowest BCUT2D eigenvalue weighted by Crippen LogP contribution is -2.62. The van der Waals surface area contributed by atoms with Gasteiger partial charge in [0.15, 0.2) is 6.29 Å². The minimum atomic E-state index is -1.17. The Balaban J connectivity index is 1.74. The number of aliphatic hydroxyl groups excluding tert-OH is 3. The van der Waals surface area contributed by atoms with Crippen molar-refractivity contribution in [3.63, 3.8) is 0 Å². The van der Waals surface area contributed by atoms with Gasteiger partial charge in [-0.3, -0.25) is 0 Å². The van der Waals surface area contributed by atoms with Crippen molar-refractivity contribution in [3.8, 4) is 0 Å². The highest BCUT2D eigenvalue weighted by molar-refractivity contribution is 5.16. The highest BCUT2D eigenvalue weighted by Gasteiger charge is 2.48. The monoisotopic (exact) mass is 282 g/mol. The van der Waals surface area contributed by atoms with E-state index >= 15 is 0 Å². The third kappa shape index (κ3) is 2.46. The van der Waals surface area contributed by atoms with Crippen LogP contribution < -0.4 is 0 Å². The van der Waals surface area contributed by atoms with Crippen molar-refractivity contribution in [2.75, 3.05) is 13.2 Å². The van der Waals surface area contributed by atoms with Gasteiger partial charge in [-0.1, -0.05) is 30.3 Å². The van der Waals surface area contributed by atoms with Crippen molar-refractivity contribution in [3.05, 3.63) is 35.9 Å². The zero-order valence-corrected chi connectivity index (χ0v) is 10.8. The molecule has 3 N–H and O–H groups in total. The zero-order chi connectivity index (χ0) is 14.1. The van der Waals surface area contributed by atoms with E-state index in [1.54, 1.807) is 0 Å². The van der Waals surface area contributed by atoms with Gasteiger partial charge < -0.3 is 29.5 Å². The Hall–Kier alpha value is -1.02. The molecule has 20 heavy (non-hydrogen) atoms. The Morgan fingerprint density at radius 3 is 2.50 bits per heavy atom. The zero-order valence-electron chi connectivity index (χ0n) is 10.8. The molecule has 1 aromatic carbocycles. The molecule has 0 saturated carbocycles. The summed E-state index contributed by atoms with van der Waals surface area (Å²) in [6, 6.07) is 9.38. The number of hydrogen-bond acceptors (Lipinski definition) is 6. The molecule has 0 amide bonds. The first-order chi connectivity index (χ1) is 9.70. The van der Waals surface area contributed by atoms with Gasteiger partial charge in [0.2, 0.25) is 0 Å². The molecule has 2 aliphatic rings. The Morgan fingerprint density at radius 2 is 1.80 bits per heavy atom. The average molecular weight is 282 g/mol. The maximum Gasteiger partial charge on any atom is 0.184 e. The second kappa shape index (κ2) is 5.77. The largest absolute Gasteiger partial charge is 0.394 e. The Bertz CT molecular complexity index is 437. The smallest absolute Gasteiger partial charge is 0.184 e. The fourth-order valence-corrected chi connectivity index (χ4v) is 2.62. The standard InChI is InChI=1S/C14H18O6/c15-6-9-11(16)12(17)13-10(19-9)7-18-14(20-13)8-4-2-1-3-5-8/h1-5,9-17H,6-7H2/t9-,10+,11+,12-,13-,14?/m1/s1. The summed E-state index contributed by atoms with van der Waals surface area (Å²) in [6.45, 7) is -0.117. The maximum absolute atomic E-state index is 10.1. The molecule has 0 aromatic heterocycles. The summed E-state index contributed by atoms with van der Waals surface area (Å²) in [5, 5.41) is 29.1. The van der Waals surface area contributed by atoms with Crippen molar-refractivity contribution >= 4 is 0 Å². The van der Waals surface area contributed by atoms with E-state index in [4.69, 9.17) is 19.3 Å². The highest BCUT2D eigenvalue weighted by atomic mass is 16.7. The summed E-state index contributed by atoms with van der Waals surface area (Å²) in [5.41, 5.74) is 0.844. The number of aliphatic hydroxyl groups is 3. The van der Waals surface area contributed by atoms with E-state index in [9.17, 15) is 10.2 Å². The molecule has 2 fully saturated rings. The quantitative estimate of drug-likeness (QED) is 0.683. The number of fused-ring (bicyclic) bond motifs is 1. The summed E-state index contributed by atoms with van der Waals surface area (Å²) >= 11 is 0. The highest BCUT2D eigenvalue weighted by Crippen LogP contribution is 2.33. The van der Waals surface area contributed by atoms with Gasteiger partial charge in [0.25, 0.3) is 0 Å². The molecule has 2 saturated heterocycles. The minimum Gasteiger partial charge on any atom is -0.394 e. The van der Waals surface area contributed by atoms with E-state index in [0.29, 0.717) is 0 Å². The van der Waals surface area contributed by atoms with E-state index in [0.717, 1.165) is 5.56 Å². The van der Waals surface area contributed by atoms with Crippen LogP contribution in [0.15, 0.2) is 30.3 Å². The Labute approximate surface area is 116 Å². The third-order valence-corrected chi connectivity index (χ3v) is 3.73. The van der Waals surface area contributed by atoms with Gasteiger partial charge in [-0.2, -0.15) is 0 Å². The van der Waals surface area contributed by atoms with E-state index < -0.39 is 36.8 Å². The first kappa shape index (κ1) is 13.9. The molecule has 6 nitrogen and oxygen atoms in total. The molecule has 3 rings (SSSR count). The van der Waals surface area contributed by atoms with Crippen LogP contribution in [0.4, 0.5) is 0 Å². The predicted molar refractivity (Wildman–Crippen MR) is 67.8 cm³/mol. The van der Waals surface area contributed by atoms with Crippen molar-refractivity contribution in [2.24, 2.45) is 0 Å². The normalized spacial score (nSPS) is 41.1. The molecule has 6 heteroatoms. The van der Waals surface area contributed by atoms with Crippen LogP contribution >= 0.6 is 0 Å². The van der Waals surface area contributed by atoms with Gasteiger partial charge >= 0.3 is 0 Å². The molecular formula is C14H18O6. The molecule has 1 aromatic rings.